The Hall–Kier alpha value is -1.41. The van der Waals surface area contributed by atoms with Crippen LogP contribution in [-0.4, -0.2) is 18.6 Å². The van der Waals surface area contributed by atoms with Crippen LogP contribution >= 0.6 is 11.8 Å². The number of ether oxygens (including phenoxy) is 1. The van der Waals surface area contributed by atoms with E-state index in [9.17, 15) is 18.0 Å². The normalized spacial score (nSPS) is 11.1. The van der Waals surface area contributed by atoms with Crippen molar-refractivity contribution in [3.8, 4) is 0 Å². The van der Waals surface area contributed by atoms with Crippen molar-refractivity contribution in [1.82, 2.24) is 0 Å². The Morgan fingerprint density at radius 1 is 1.47 bits per heavy atom. The van der Waals surface area contributed by atoms with Crippen LogP contribution < -0.4 is 11.3 Å². The molecule has 0 aliphatic carbocycles. The molecule has 0 saturated carbocycles. The number of hydrogen-bond acceptors (Lipinski definition) is 5. The lowest BCUT2D eigenvalue weighted by Crippen LogP contribution is -2.13. The fourth-order valence-electron chi connectivity index (χ4n) is 1.13. The summed E-state index contributed by atoms with van der Waals surface area (Å²) in [5, 5.41) is 0. The van der Waals surface area contributed by atoms with E-state index in [1.54, 1.807) is 0 Å². The third-order valence-electron chi connectivity index (χ3n) is 1.79. The van der Waals surface area contributed by atoms with E-state index in [2.05, 4.69) is 10.2 Å². The van der Waals surface area contributed by atoms with Crippen LogP contribution in [0.25, 0.3) is 0 Å². The van der Waals surface area contributed by atoms with E-state index in [1.807, 2.05) is 0 Å². The molecule has 0 aliphatic heterocycles. The molecule has 94 valence electrons. The summed E-state index contributed by atoms with van der Waals surface area (Å²) in [6.07, 6.45) is 0. The molecule has 1 aromatic rings. The minimum atomic E-state index is -4.41. The minimum absolute atomic E-state index is 0.0516. The molecule has 0 spiro atoms. The van der Waals surface area contributed by atoms with Crippen LogP contribution in [0.4, 0.5) is 18.9 Å². The smallest absolute Gasteiger partial charge is 0.446 e. The first-order chi connectivity index (χ1) is 7.87. The Bertz CT molecular complexity index is 423. The Morgan fingerprint density at radius 2 is 2.12 bits per heavy atom. The topological polar surface area (TPSA) is 64.3 Å². The van der Waals surface area contributed by atoms with Gasteiger partial charge in [0.1, 0.15) is 0 Å². The summed E-state index contributed by atoms with van der Waals surface area (Å²) in [4.78, 5) is 11.2. The van der Waals surface area contributed by atoms with E-state index in [-0.39, 0.29) is 27.9 Å². The van der Waals surface area contributed by atoms with Gasteiger partial charge in [0.25, 0.3) is 0 Å². The first kappa shape index (κ1) is 13.7. The third-order valence-corrected chi connectivity index (χ3v) is 2.51. The van der Waals surface area contributed by atoms with Crippen LogP contribution in [0.1, 0.15) is 10.4 Å². The second-order valence-electron chi connectivity index (χ2n) is 2.89. The lowest BCUT2D eigenvalue weighted by molar-refractivity contribution is -0.0328. The average Bonchev–Trinajstić information content (AvgIpc) is 2.25. The molecule has 0 radical (unpaired) electrons. The van der Waals surface area contributed by atoms with Crippen molar-refractivity contribution in [2.45, 2.75) is 10.4 Å². The second kappa shape index (κ2) is 5.28. The van der Waals surface area contributed by atoms with Gasteiger partial charge >= 0.3 is 11.5 Å². The predicted octanol–water partition coefficient (Wildman–Crippen LogP) is 2.37. The highest BCUT2D eigenvalue weighted by Crippen LogP contribution is 2.38. The Morgan fingerprint density at radius 3 is 2.59 bits per heavy atom. The fraction of sp³-hybridized carbons (Fsp3) is 0.222. The van der Waals surface area contributed by atoms with Crippen molar-refractivity contribution in [2.75, 3.05) is 12.5 Å². The zero-order valence-electron chi connectivity index (χ0n) is 8.67. The van der Waals surface area contributed by atoms with E-state index < -0.39 is 11.5 Å². The molecule has 0 atom stereocenters. The maximum atomic E-state index is 12.1. The van der Waals surface area contributed by atoms with Gasteiger partial charge in [-0.1, -0.05) is 0 Å². The molecule has 17 heavy (non-hydrogen) atoms. The number of benzene rings is 1. The summed E-state index contributed by atoms with van der Waals surface area (Å²) in [5.41, 5.74) is -2.06. The van der Waals surface area contributed by atoms with E-state index in [0.717, 1.165) is 13.2 Å². The number of hydrogen-bond donors (Lipinski definition) is 2. The first-order valence-electron chi connectivity index (χ1n) is 4.32. The summed E-state index contributed by atoms with van der Waals surface area (Å²) in [5.74, 6) is 4.37. The lowest BCUT2D eigenvalue weighted by atomic mass is 10.2. The number of alkyl halides is 3. The predicted molar refractivity (Wildman–Crippen MR) is 57.5 cm³/mol. The zero-order chi connectivity index (χ0) is 13.1. The number of anilines is 1. The van der Waals surface area contributed by atoms with Crippen molar-refractivity contribution >= 4 is 23.4 Å². The first-order valence-corrected chi connectivity index (χ1v) is 5.13. The highest BCUT2D eigenvalue weighted by atomic mass is 32.2. The number of nitrogens with two attached hydrogens (primary N) is 1. The molecular weight excluding hydrogens is 257 g/mol. The number of thioether (sulfide) groups is 1. The van der Waals surface area contributed by atoms with E-state index in [4.69, 9.17) is 5.84 Å². The molecule has 0 fully saturated rings. The SMILES string of the molecule is COC(=O)c1cc(SC(F)(F)F)ccc1NN. The van der Waals surface area contributed by atoms with E-state index in [0.29, 0.717) is 0 Å². The number of methoxy groups -OCH3 is 1. The van der Waals surface area contributed by atoms with Gasteiger partial charge in [-0.3, -0.25) is 5.84 Å². The number of carbonyl (C=O) groups excluding carboxylic acids is 1. The molecule has 0 aliphatic rings. The number of nitrogen functional groups attached to an aromatic ring is 1. The van der Waals surface area contributed by atoms with Gasteiger partial charge in [-0.2, -0.15) is 13.2 Å². The molecule has 0 unspecified atom stereocenters. The van der Waals surface area contributed by atoms with Gasteiger partial charge in [-0.05, 0) is 30.0 Å². The molecule has 1 rings (SSSR count). The van der Waals surface area contributed by atoms with Crippen molar-refractivity contribution < 1.29 is 22.7 Å². The zero-order valence-corrected chi connectivity index (χ0v) is 9.48. The quantitative estimate of drug-likeness (QED) is 0.380. The maximum absolute atomic E-state index is 12.1. The van der Waals surface area contributed by atoms with Crippen molar-refractivity contribution in [2.24, 2.45) is 5.84 Å². The number of halogens is 3. The van der Waals surface area contributed by atoms with Gasteiger partial charge in [0, 0.05) is 4.90 Å². The molecule has 0 saturated heterocycles. The van der Waals surface area contributed by atoms with Gasteiger partial charge in [0.05, 0.1) is 18.4 Å². The van der Waals surface area contributed by atoms with Gasteiger partial charge in [0.2, 0.25) is 0 Å². The molecule has 0 bridgehead atoms. The van der Waals surface area contributed by atoms with Crippen molar-refractivity contribution in [3.63, 3.8) is 0 Å². The molecular formula is C9H9F3N2O2S. The molecule has 4 nitrogen and oxygen atoms in total. The number of rotatable bonds is 3. The molecule has 8 heteroatoms. The minimum Gasteiger partial charge on any atom is -0.465 e. The van der Waals surface area contributed by atoms with Crippen LogP contribution in [0, 0.1) is 0 Å². The van der Waals surface area contributed by atoms with Crippen molar-refractivity contribution in [3.05, 3.63) is 23.8 Å². The summed E-state index contributed by atoms with van der Waals surface area (Å²) in [6.45, 7) is 0. The maximum Gasteiger partial charge on any atom is 0.446 e. The third kappa shape index (κ3) is 3.82. The van der Waals surface area contributed by atoms with Crippen LogP contribution in [0.5, 0.6) is 0 Å². The summed E-state index contributed by atoms with van der Waals surface area (Å²) < 4.78 is 40.9. The van der Waals surface area contributed by atoms with Gasteiger partial charge in [-0.25, -0.2) is 4.79 Å². The van der Waals surface area contributed by atoms with Crippen LogP contribution in [0.15, 0.2) is 23.1 Å². The van der Waals surface area contributed by atoms with E-state index in [1.165, 1.54) is 12.1 Å². The molecule has 0 heterocycles. The number of nitrogens with one attached hydrogen (secondary N) is 1. The average molecular weight is 266 g/mol. The summed E-state index contributed by atoms with van der Waals surface area (Å²) in [6, 6.07) is 3.55. The highest BCUT2D eigenvalue weighted by molar-refractivity contribution is 8.00. The monoisotopic (exact) mass is 266 g/mol. The van der Waals surface area contributed by atoms with Gasteiger partial charge in [-0.15, -0.1) is 0 Å². The summed E-state index contributed by atoms with van der Waals surface area (Å²) in [7, 11) is 1.13. The number of carbonyl (C=O) groups is 1. The largest absolute Gasteiger partial charge is 0.465 e. The number of esters is 1. The van der Waals surface area contributed by atoms with Gasteiger partial charge in [0.15, 0.2) is 0 Å². The Balaban J connectivity index is 3.09. The molecule has 1 aromatic carbocycles. The van der Waals surface area contributed by atoms with Crippen LogP contribution in [0.2, 0.25) is 0 Å². The molecule has 0 aromatic heterocycles. The Kier molecular flexibility index (Phi) is 4.24. The van der Waals surface area contributed by atoms with Crippen LogP contribution in [0.3, 0.4) is 0 Å². The number of hydrazine groups is 1. The molecule has 3 N–H and O–H groups in total. The highest BCUT2D eigenvalue weighted by Gasteiger charge is 2.29. The Labute approximate surface area is 99.3 Å². The lowest BCUT2D eigenvalue weighted by Gasteiger charge is -2.10. The standard InChI is InChI=1S/C9H9F3N2O2S/c1-16-8(15)6-4-5(17-9(10,11)12)2-3-7(6)14-13/h2-4,14H,13H2,1H3. The van der Waals surface area contributed by atoms with E-state index >= 15 is 0 Å². The second-order valence-corrected chi connectivity index (χ2v) is 4.03. The fourth-order valence-corrected chi connectivity index (χ4v) is 1.71. The van der Waals surface area contributed by atoms with Crippen LogP contribution in [-0.2, 0) is 4.74 Å². The summed E-state index contributed by atoms with van der Waals surface area (Å²) >= 11 is -0.314. The van der Waals surface area contributed by atoms with Crippen molar-refractivity contribution in [1.29, 1.82) is 0 Å². The molecule has 0 amide bonds. The van der Waals surface area contributed by atoms with Gasteiger partial charge < -0.3 is 10.2 Å².